The van der Waals surface area contributed by atoms with Gasteiger partial charge in [0.1, 0.15) is 0 Å². The minimum Gasteiger partial charge on any atom is -0.352 e. The third-order valence-electron chi connectivity index (χ3n) is 1.67. The van der Waals surface area contributed by atoms with Gasteiger partial charge in [-0.1, -0.05) is 5.57 Å². The zero-order chi connectivity index (χ0) is 8.85. The summed E-state index contributed by atoms with van der Waals surface area (Å²) in [7, 11) is 1.66. The van der Waals surface area contributed by atoms with E-state index in [1.807, 2.05) is 13.8 Å². The van der Waals surface area contributed by atoms with E-state index >= 15 is 0 Å². The first-order chi connectivity index (χ1) is 5.13. The summed E-state index contributed by atoms with van der Waals surface area (Å²) >= 11 is 0. The first-order valence-electron chi connectivity index (χ1n) is 3.91. The molecule has 0 aliphatic rings. The SMILES string of the molecule is CCOC(OC)C(C)=C(C)C. The van der Waals surface area contributed by atoms with E-state index in [0.29, 0.717) is 6.61 Å². The second-order valence-corrected chi connectivity index (χ2v) is 2.71. The van der Waals surface area contributed by atoms with E-state index in [9.17, 15) is 0 Å². The number of hydrogen-bond acceptors (Lipinski definition) is 2. The van der Waals surface area contributed by atoms with Crippen LogP contribution in [0.2, 0.25) is 0 Å². The van der Waals surface area contributed by atoms with E-state index in [1.165, 1.54) is 5.57 Å². The monoisotopic (exact) mass is 158 g/mol. The summed E-state index contributed by atoms with van der Waals surface area (Å²) in [6.45, 7) is 8.79. The largest absolute Gasteiger partial charge is 0.352 e. The van der Waals surface area contributed by atoms with Crippen molar-refractivity contribution in [2.24, 2.45) is 0 Å². The normalized spacial score (nSPS) is 12.8. The fourth-order valence-corrected chi connectivity index (χ4v) is 0.757. The summed E-state index contributed by atoms with van der Waals surface area (Å²) in [5.74, 6) is 0. The van der Waals surface area contributed by atoms with Gasteiger partial charge in [0.15, 0.2) is 6.29 Å². The molecular formula is C9H18O2. The van der Waals surface area contributed by atoms with E-state index in [1.54, 1.807) is 7.11 Å². The quantitative estimate of drug-likeness (QED) is 0.462. The van der Waals surface area contributed by atoms with E-state index < -0.39 is 0 Å². The molecule has 66 valence electrons. The molecule has 0 heterocycles. The second-order valence-electron chi connectivity index (χ2n) is 2.71. The lowest BCUT2D eigenvalue weighted by molar-refractivity contribution is -0.0942. The number of hydrogen-bond donors (Lipinski definition) is 0. The van der Waals surface area contributed by atoms with Crippen LogP contribution in [0.25, 0.3) is 0 Å². The molecular weight excluding hydrogens is 140 g/mol. The molecule has 0 saturated heterocycles. The Hall–Kier alpha value is -0.340. The highest BCUT2D eigenvalue weighted by Crippen LogP contribution is 2.11. The summed E-state index contributed by atoms with van der Waals surface area (Å²) in [4.78, 5) is 0. The van der Waals surface area contributed by atoms with Crippen LogP contribution in [0.4, 0.5) is 0 Å². The molecule has 2 heteroatoms. The molecule has 0 saturated carbocycles. The molecule has 0 aromatic rings. The summed E-state index contributed by atoms with van der Waals surface area (Å²) in [5, 5.41) is 0. The van der Waals surface area contributed by atoms with Gasteiger partial charge in [-0.3, -0.25) is 0 Å². The standard InChI is InChI=1S/C9H18O2/c1-6-11-9(10-5)8(4)7(2)3/h9H,6H2,1-5H3. The van der Waals surface area contributed by atoms with Gasteiger partial charge in [-0.05, 0) is 33.3 Å². The fourth-order valence-electron chi connectivity index (χ4n) is 0.757. The summed E-state index contributed by atoms with van der Waals surface area (Å²) in [6, 6.07) is 0. The van der Waals surface area contributed by atoms with Gasteiger partial charge in [-0.15, -0.1) is 0 Å². The summed E-state index contributed by atoms with van der Waals surface area (Å²) < 4.78 is 10.5. The Labute approximate surface area is 69.2 Å². The highest BCUT2D eigenvalue weighted by atomic mass is 16.7. The van der Waals surface area contributed by atoms with Gasteiger partial charge in [-0.25, -0.2) is 0 Å². The van der Waals surface area contributed by atoms with Crippen LogP contribution in [0.15, 0.2) is 11.1 Å². The Morgan fingerprint density at radius 2 is 1.82 bits per heavy atom. The van der Waals surface area contributed by atoms with Gasteiger partial charge in [0.25, 0.3) is 0 Å². The molecule has 0 amide bonds. The van der Waals surface area contributed by atoms with Crippen molar-refractivity contribution in [3.05, 3.63) is 11.1 Å². The Morgan fingerprint density at radius 1 is 1.27 bits per heavy atom. The van der Waals surface area contributed by atoms with Crippen LogP contribution in [-0.4, -0.2) is 20.0 Å². The van der Waals surface area contributed by atoms with E-state index in [-0.39, 0.29) is 6.29 Å². The Bertz CT molecular complexity index is 134. The van der Waals surface area contributed by atoms with Crippen molar-refractivity contribution in [3.8, 4) is 0 Å². The van der Waals surface area contributed by atoms with Crippen LogP contribution in [0.1, 0.15) is 27.7 Å². The molecule has 0 N–H and O–H groups in total. The molecule has 0 bridgehead atoms. The first-order valence-corrected chi connectivity index (χ1v) is 3.91. The van der Waals surface area contributed by atoms with Gasteiger partial charge >= 0.3 is 0 Å². The highest BCUT2D eigenvalue weighted by molar-refractivity contribution is 5.09. The molecule has 11 heavy (non-hydrogen) atoms. The van der Waals surface area contributed by atoms with E-state index in [2.05, 4.69) is 13.8 Å². The second kappa shape index (κ2) is 5.33. The third-order valence-corrected chi connectivity index (χ3v) is 1.67. The van der Waals surface area contributed by atoms with Crippen molar-refractivity contribution < 1.29 is 9.47 Å². The van der Waals surface area contributed by atoms with Crippen molar-refractivity contribution in [2.45, 2.75) is 34.0 Å². The maximum Gasteiger partial charge on any atom is 0.179 e. The van der Waals surface area contributed by atoms with Crippen LogP contribution in [-0.2, 0) is 9.47 Å². The maximum absolute atomic E-state index is 5.33. The number of rotatable bonds is 4. The molecule has 0 radical (unpaired) electrons. The molecule has 2 nitrogen and oxygen atoms in total. The smallest absolute Gasteiger partial charge is 0.179 e. The molecule has 0 aliphatic carbocycles. The van der Waals surface area contributed by atoms with E-state index in [4.69, 9.17) is 9.47 Å². The average molecular weight is 158 g/mol. The van der Waals surface area contributed by atoms with Crippen molar-refractivity contribution in [1.82, 2.24) is 0 Å². The Balaban J connectivity index is 4.14. The Kier molecular flexibility index (Phi) is 5.16. The van der Waals surface area contributed by atoms with Crippen molar-refractivity contribution in [3.63, 3.8) is 0 Å². The molecule has 0 aromatic carbocycles. The highest BCUT2D eigenvalue weighted by Gasteiger charge is 2.08. The lowest BCUT2D eigenvalue weighted by Crippen LogP contribution is -2.17. The van der Waals surface area contributed by atoms with E-state index in [0.717, 1.165) is 5.57 Å². The predicted octanol–water partition coefficient (Wildman–Crippen LogP) is 2.35. The van der Waals surface area contributed by atoms with Crippen molar-refractivity contribution in [2.75, 3.05) is 13.7 Å². The summed E-state index contributed by atoms with van der Waals surface area (Å²) in [5.41, 5.74) is 2.42. The first kappa shape index (κ1) is 10.7. The lowest BCUT2D eigenvalue weighted by atomic mass is 10.2. The van der Waals surface area contributed by atoms with Gasteiger partial charge in [0.2, 0.25) is 0 Å². The lowest BCUT2D eigenvalue weighted by Gasteiger charge is -2.16. The van der Waals surface area contributed by atoms with Crippen LogP contribution in [0.5, 0.6) is 0 Å². The molecule has 0 aliphatic heterocycles. The van der Waals surface area contributed by atoms with Crippen molar-refractivity contribution >= 4 is 0 Å². The third kappa shape index (κ3) is 3.54. The van der Waals surface area contributed by atoms with Gasteiger partial charge in [-0.2, -0.15) is 0 Å². The predicted molar refractivity (Wildman–Crippen MR) is 46.5 cm³/mol. The average Bonchev–Trinajstić information content (AvgIpc) is 1.98. The molecule has 1 atom stereocenters. The van der Waals surface area contributed by atoms with Crippen LogP contribution in [0, 0.1) is 0 Å². The zero-order valence-corrected chi connectivity index (χ0v) is 8.10. The van der Waals surface area contributed by atoms with Gasteiger partial charge in [0.05, 0.1) is 0 Å². The van der Waals surface area contributed by atoms with Crippen LogP contribution < -0.4 is 0 Å². The minimum atomic E-state index is -0.162. The van der Waals surface area contributed by atoms with Gasteiger partial charge < -0.3 is 9.47 Å². The number of allylic oxidation sites excluding steroid dienone is 1. The molecule has 0 aromatic heterocycles. The molecule has 0 fully saturated rings. The molecule has 0 spiro atoms. The number of ether oxygens (including phenoxy) is 2. The minimum absolute atomic E-state index is 0.162. The zero-order valence-electron chi connectivity index (χ0n) is 8.10. The van der Waals surface area contributed by atoms with Crippen LogP contribution in [0.3, 0.4) is 0 Å². The maximum atomic E-state index is 5.33. The van der Waals surface area contributed by atoms with Gasteiger partial charge in [0, 0.05) is 13.7 Å². The topological polar surface area (TPSA) is 18.5 Å². The summed E-state index contributed by atoms with van der Waals surface area (Å²) in [6.07, 6.45) is -0.162. The molecule has 1 unspecified atom stereocenters. The molecule has 0 rings (SSSR count). The number of methoxy groups -OCH3 is 1. The fraction of sp³-hybridized carbons (Fsp3) is 0.778. The van der Waals surface area contributed by atoms with Crippen LogP contribution >= 0.6 is 0 Å². The van der Waals surface area contributed by atoms with Crippen molar-refractivity contribution in [1.29, 1.82) is 0 Å². The Morgan fingerprint density at radius 3 is 2.09 bits per heavy atom.